The Morgan fingerprint density at radius 1 is 0.733 bits per heavy atom. The SMILES string of the molecule is CCCCCC1=C(c2cc(C)c(C)c(C)c2)[N+](=[N-])C(c2cc(C)c(C)c(C)c2)=C1.[Ni]. The predicted octanol–water partition coefficient (Wildman–Crippen LogP) is 7.91. The third kappa shape index (κ3) is 4.67. The van der Waals surface area contributed by atoms with Gasteiger partial charge in [-0.2, -0.15) is 0 Å². The van der Waals surface area contributed by atoms with Crippen LogP contribution in [0.3, 0.4) is 0 Å². The number of hydrogen-bond donors (Lipinski definition) is 0. The van der Waals surface area contributed by atoms with E-state index in [9.17, 15) is 5.53 Å². The summed E-state index contributed by atoms with van der Waals surface area (Å²) in [5.41, 5.74) is 24.2. The van der Waals surface area contributed by atoms with Crippen molar-refractivity contribution in [3.8, 4) is 0 Å². The van der Waals surface area contributed by atoms with E-state index in [1.807, 2.05) is 0 Å². The maximum atomic E-state index is 11.3. The van der Waals surface area contributed by atoms with E-state index in [2.05, 4.69) is 78.8 Å². The van der Waals surface area contributed by atoms with Gasteiger partial charge >= 0.3 is 0 Å². The van der Waals surface area contributed by atoms with Gasteiger partial charge in [-0.1, -0.05) is 19.8 Å². The second kappa shape index (κ2) is 9.88. The molecule has 2 aromatic carbocycles. The summed E-state index contributed by atoms with van der Waals surface area (Å²) in [5.74, 6) is 0. The predicted molar refractivity (Wildman–Crippen MR) is 124 cm³/mol. The zero-order valence-electron chi connectivity index (χ0n) is 19.4. The number of allylic oxidation sites excluding steroid dienone is 2. The summed E-state index contributed by atoms with van der Waals surface area (Å²) in [6.07, 6.45) is 6.72. The van der Waals surface area contributed by atoms with Crippen molar-refractivity contribution in [3.63, 3.8) is 0 Å². The normalized spacial score (nSPS) is 13.6. The Hall–Kier alpha value is -1.99. The van der Waals surface area contributed by atoms with Crippen LogP contribution in [0.25, 0.3) is 16.9 Å². The summed E-state index contributed by atoms with van der Waals surface area (Å²) in [6.45, 7) is 15.2. The maximum absolute atomic E-state index is 11.3. The van der Waals surface area contributed by atoms with Gasteiger partial charge in [-0.15, -0.1) is 0 Å². The topological polar surface area (TPSA) is 25.3 Å². The number of benzene rings is 2. The standard InChI is InChI=1S/C27H34N2.Ni/c1-8-9-10-11-23-16-26(24-12-17(2)21(6)18(3)13-24)29(28)27(23)25-14-19(4)22(7)20(5)15-25;/h12-16H,8-11H2,1-7H3;. The average Bonchev–Trinajstić information content (AvgIpc) is 3.00. The first kappa shape index (κ1) is 24.3. The Bertz CT molecular complexity index is 995. The fourth-order valence-electron chi connectivity index (χ4n) is 4.18. The first-order valence-electron chi connectivity index (χ1n) is 10.8. The molecule has 3 heteroatoms. The molecular weight excluding hydrogens is 411 g/mol. The van der Waals surface area contributed by atoms with Crippen molar-refractivity contribution < 1.29 is 21.2 Å². The monoisotopic (exact) mass is 444 g/mol. The summed E-state index contributed by atoms with van der Waals surface area (Å²) in [4.78, 5) is 0. The first-order chi connectivity index (χ1) is 13.7. The van der Waals surface area contributed by atoms with Crippen LogP contribution in [0.15, 0.2) is 35.9 Å². The minimum atomic E-state index is 0. The van der Waals surface area contributed by atoms with Crippen LogP contribution in [0.1, 0.15) is 77.1 Å². The smallest absolute Gasteiger partial charge is 0.210 e. The second-order valence-corrected chi connectivity index (χ2v) is 8.64. The summed E-state index contributed by atoms with van der Waals surface area (Å²) >= 11 is 0. The molecule has 0 N–H and O–H groups in total. The van der Waals surface area contributed by atoms with E-state index in [1.54, 1.807) is 0 Å². The molecule has 0 unspecified atom stereocenters. The van der Waals surface area contributed by atoms with Gasteiger partial charge in [0.1, 0.15) is 0 Å². The van der Waals surface area contributed by atoms with Crippen LogP contribution in [0.4, 0.5) is 0 Å². The fourth-order valence-corrected chi connectivity index (χ4v) is 4.18. The molecule has 1 heterocycles. The van der Waals surface area contributed by atoms with E-state index in [0.717, 1.165) is 35.4 Å². The van der Waals surface area contributed by atoms with E-state index in [-0.39, 0.29) is 16.5 Å². The van der Waals surface area contributed by atoms with Crippen LogP contribution in [-0.2, 0) is 16.5 Å². The minimum absolute atomic E-state index is 0. The van der Waals surface area contributed by atoms with E-state index in [1.165, 1.54) is 56.5 Å². The molecule has 1 aliphatic rings. The third-order valence-corrected chi connectivity index (χ3v) is 6.53. The van der Waals surface area contributed by atoms with Gasteiger partial charge in [-0.05, 0) is 112 Å². The van der Waals surface area contributed by atoms with Crippen molar-refractivity contribution in [2.75, 3.05) is 0 Å². The molecule has 0 fully saturated rings. The number of nitrogens with zero attached hydrogens (tertiary/aromatic N) is 2. The third-order valence-electron chi connectivity index (χ3n) is 6.53. The van der Waals surface area contributed by atoms with Crippen LogP contribution < -0.4 is 0 Å². The van der Waals surface area contributed by atoms with Gasteiger partial charge in [0.05, 0.1) is 0 Å². The number of rotatable bonds is 6. The van der Waals surface area contributed by atoms with Crippen molar-refractivity contribution in [2.45, 2.75) is 74.1 Å². The molecule has 0 saturated carbocycles. The number of unbranched alkanes of at least 4 members (excludes halogenated alkanes) is 2. The molecule has 1 aliphatic heterocycles. The Morgan fingerprint density at radius 2 is 1.20 bits per heavy atom. The van der Waals surface area contributed by atoms with Crippen LogP contribution in [0.5, 0.6) is 0 Å². The van der Waals surface area contributed by atoms with Gasteiger partial charge in [-0.25, -0.2) is 4.70 Å². The van der Waals surface area contributed by atoms with E-state index in [0.29, 0.717) is 0 Å². The van der Waals surface area contributed by atoms with Gasteiger partial charge < -0.3 is 5.53 Å². The van der Waals surface area contributed by atoms with Crippen LogP contribution in [0, 0.1) is 41.5 Å². The van der Waals surface area contributed by atoms with Crippen molar-refractivity contribution >= 4 is 11.4 Å². The second-order valence-electron chi connectivity index (χ2n) is 8.64. The molecule has 0 aliphatic carbocycles. The Kier molecular flexibility index (Phi) is 8.00. The van der Waals surface area contributed by atoms with Gasteiger partial charge in [0.15, 0.2) is 0 Å². The molecule has 0 spiro atoms. The quantitative estimate of drug-likeness (QED) is 0.245. The van der Waals surface area contributed by atoms with Gasteiger partial charge in [-0.3, -0.25) is 0 Å². The minimum Gasteiger partial charge on any atom is -0.493 e. The molecule has 0 saturated heterocycles. The summed E-state index contributed by atoms with van der Waals surface area (Å²) in [7, 11) is 0. The molecular formula is C27H34N2Ni. The molecule has 2 nitrogen and oxygen atoms in total. The first-order valence-corrected chi connectivity index (χ1v) is 10.8. The fraction of sp³-hybridized carbons (Fsp3) is 0.407. The van der Waals surface area contributed by atoms with Crippen LogP contribution >= 0.6 is 0 Å². The Labute approximate surface area is 192 Å². The largest absolute Gasteiger partial charge is 0.493 e. The Morgan fingerprint density at radius 3 is 1.67 bits per heavy atom. The maximum Gasteiger partial charge on any atom is 0.210 e. The summed E-state index contributed by atoms with van der Waals surface area (Å²) in [6, 6.07) is 8.80. The molecule has 0 atom stereocenters. The van der Waals surface area contributed by atoms with Crippen molar-refractivity contribution in [3.05, 3.63) is 86.0 Å². The van der Waals surface area contributed by atoms with Crippen LogP contribution in [-0.4, -0.2) is 4.70 Å². The summed E-state index contributed by atoms with van der Waals surface area (Å²) < 4.78 is 1.42. The van der Waals surface area contributed by atoms with Crippen molar-refractivity contribution in [1.82, 2.24) is 0 Å². The molecule has 0 radical (unpaired) electrons. The Balaban J connectivity index is 0.00000320. The molecule has 3 rings (SSSR count). The van der Waals surface area contributed by atoms with Crippen LogP contribution in [0.2, 0.25) is 0 Å². The zero-order valence-corrected chi connectivity index (χ0v) is 20.4. The van der Waals surface area contributed by atoms with Crippen molar-refractivity contribution in [1.29, 1.82) is 0 Å². The van der Waals surface area contributed by atoms with E-state index in [4.69, 9.17) is 0 Å². The molecule has 2 aromatic rings. The van der Waals surface area contributed by atoms with E-state index < -0.39 is 0 Å². The van der Waals surface area contributed by atoms with Crippen molar-refractivity contribution in [2.24, 2.45) is 0 Å². The van der Waals surface area contributed by atoms with Gasteiger partial charge in [0.25, 0.3) is 0 Å². The molecule has 0 bridgehead atoms. The zero-order chi connectivity index (χ0) is 21.3. The average molecular weight is 445 g/mol. The van der Waals surface area contributed by atoms with Gasteiger partial charge in [0, 0.05) is 39.3 Å². The number of hydrogen-bond acceptors (Lipinski definition) is 0. The van der Waals surface area contributed by atoms with E-state index >= 15 is 0 Å². The molecule has 162 valence electrons. The number of aryl methyl sites for hydroxylation is 4. The molecule has 30 heavy (non-hydrogen) atoms. The van der Waals surface area contributed by atoms with Gasteiger partial charge in [0.2, 0.25) is 11.4 Å². The summed E-state index contributed by atoms with van der Waals surface area (Å²) in [5, 5.41) is 0. The molecule has 0 amide bonds. The molecule has 0 aromatic heterocycles.